The summed E-state index contributed by atoms with van der Waals surface area (Å²) in [5.74, 6) is -1.79. The molecule has 1 saturated heterocycles. The zero-order chi connectivity index (χ0) is 22.3. The quantitative estimate of drug-likeness (QED) is 0.678. The molecule has 2 fully saturated rings. The summed E-state index contributed by atoms with van der Waals surface area (Å²) in [7, 11) is 0. The highest BCUT2D eigenvalue weighted by Gasteiger charge is 2.56. The van der Waals surface area contributed by atoms with Gasteiger partial charge in [0.05, 0.1) is 6.04 Å². The van der Waals surface area contributed by atoms with Gasteiger partial charge in [-0.3, -0.25) is 4.79 Å². The first-order valence-corrected chi connectivity index (χ1v) is 10.3. The van der Waals surface area contributed by atoms with Gasteiger partial charge in [0.15, 0.2) is 0 Å². The molecule has 1 aromatic rings. The smallest absolute Gasteiger partial charge is 0.444 e. The number of likely N-dealkylation sites (tertiary alicyclic amines) is 1. The lowest BCUT2D eigenvalue weighted by molar-refractivity contribution is -0.192. The molecule has 0 bridgehead atoms. The lowest BCUT2D eigenvalue weighted by Crippen LogP contribution is -2.57. The van der Waals surface area contributed by atoms with Crippen LogP contribution < -0.4 is 0 Å². The second-order valence-electron chi connectivity index (χ2n) is 9.45. The van der Waals surface area contributed by atoms with E-state index in [1.165, 1.54) is 0 Å². The van der Waals surface area contributed by atoms with E-state index in [1.807, 2.05) is 30.3 Å². The summed E-state index contributed by atoms with van der Waals surface area (Å²) in [6.07, 6.45) is -3.80. The molecule has 1 aliphatic heterocycles. The van der Waals surface area contributed by atoms with Crippen molar-refractivity contribution in [1.29, 1.82) is 0 Å². The van der Waals surface area contributed by atoms with Gasteiger partial charge in [0.2, 0.25) is 0 Å². The standard InChI is InChI=1S/C22H29F3N2O3/c1-20(2,3)30-19(29)26-13-10-16(14-17(26)15-8-6-5-7-9-15)27(21(4)11-12-21)18(28)22(23,24)25/h5-9,16-17H,10-14H2,1-4H3/t16-,17-/m0/s1. The summed E-state index contributed by atoms with van der Waals surface area (Å²) in [6.45, 7) is 7.23. The third-order valence-corrected chi connectivity index (χ3v) is 5.77. The van der Waals surface area contributed by atoms with Crippen molar-refractivity contribution in [2.24, 2.45) is 0 Å². The molecule has 0 spiro atoms. The van der Waals surface area contributed by atoms with Crippen molar-refractivity contribution in [3.8, 4) is 0 Å². The highest BCUT2D eigenvalue weighted by atomic mass is 19.4. The summed E-state index contributed by atoms with van der Waals surface area (Å²) in [5, 5.41) is 0. The third-order valence-electron chi connectivity index (χ3n) is 5.77. The number of hydrogen-bond donors (Lipinski definition) is 0. The molecule has 0 radical (unpaired) electrons. The zero-order valence-corrected chi connectivity index (χ0v) is 17.8. The number of rotatable bonds is 3. The van der Waals surface area contributed by atoms with E-state index >= 15 is 0 Å². The average Bonchev–Trinajstić information content (AvgIpc) is 3.38. The maximum atomic E-state index is 13.3. The molecule has 0 unspecified atom stereocenters. The number of alkyl halides is 3. The van der Waals surface area contributed by atoms with Crippen molar-refractivity contribution >= 4 is 12.0 Å². The minimum atomic E-state index is -4.92. The average molecular weight is 426 g/mol. The van der Waals surface area contributed by atoms with E-state index < -0.39 is 41.4 Å². The summed E-state index contributed by atoms with van der Waals surface area (Å²) >= 11 is 0. The third kappa shape index (κ3) is 4.90. The number of amides is 2. The van der Waals surface area contributed by atoms with E-state index in [0.717, 1.165) is 10.5 Å². The van der Waals surface area contributed by atoms with Crippen LogP contribution in [0.4, 0.5) is 18.0 Å². The van der Waals surface area contributed by atoms with Crippen LogP contribution >= 0.6 is 0 Å². The van der Waals surface area contributed by atoms with E-state index in [0.29, 0.717) is 12.8 Å². The first-order chi connectivity index (χ1) is 13.8. The van der Waals surface area contributed by atoms with Crippen LogP contribution in [0.25, 0.3) is 0 Å². The maximum Gasteiger partial charge on any atom is 0.471 e. The molecule has 0 aromatic heterocycles. The molecule has 30 heavy (non-hydrogen) atoms. The van der Waals surface area contributed by atoms with Gasteiger partial charge in [-0.2, -0.15) is 13.2 Å². The number of halogens is 3. The largest absolute Gasteiger partial charge is 0.471 e. The number of piperidine rings is 1. The van der Waals surface area contributed by atoms with Crippen LogP contribution in [-0.4, -0.2) is 51.7 Å². The topological polar surface area (TPSA) is 49.9 Å². The normalized spacial score (nSPS) is 23.6. The fraction of sp³-hybridized carbons (Fsp3) is 0.636. The molecule has 1 heterocycles. The number of ether oxygens (including phenoxy) is 1. The monoisotopic (exact) mass is 426 g/mol. The Morgan fingerprint density at radius 2 is 1.73 bits per heavy atom. The maximum absolute atomic E-state index is 13.3. The van der Waals surface area contributed by atoms with E-state index in [4.69, 9.17) is 4.74 Å². The Kier molecular flexibility index (Phi) is 5.82. The van der Waals surface area contributed by atoms with E-state index in [-0.39, 0.29) is 19.4 Å². The van der Waals surface area contributed by atoms with Crippen LogP contribution in [-0.2, 0) is 9.53 Å². The molecule has 166 valence electrons. The molecule has 0 N–H and O–H groups in total. The van der Waals surface area contributed by atoms with Gasteiger partial charge in [-0.15, -0.1) is 0 Å². The van der Waals surface area contributed by atoms with E-state index in [1.54, 1.807) is 32.6 Å². The Morgan fingerprint density at radius 1 is 1.13 bits per heavy atom. The SMILES string of the molecule is CC(C)(C)OC(=O)N1CC[C@H](N(C(=O)C(F)(F)F)C2(C)CC2)C[C@H]1c1ccccc1. The number of hydrogen-bond acceptors (Lipinski definition) is 3. The molecular formula is C22H29F3N2O3. The fourth-order valence-electron chi connectivity index (χ4n) is 4.12. The Bertz CT molecular complexity index is 785. The Hall–Kier alpha value is -2.25. The minimum Gasteiger partial charge on any atom is -0.444 e. The van der Waals surface area contributed by atoms with Gasteiger partial charge in [0.1, 0.15) is 5.60 Å². The molecule has 2 atom stereocenters. The Balaban J connectivity index is 1.90. The van der Waals surface area contributed by atoms with Gasteiger partial charge in [0.25, 0.3) is 0 Å². The summed E-state index contributed by atoms with van der Waals surface area (Å²) in [5.41, 5.74) is -0.643. The second kappa shape index (κ2) is 7.78. The fourth-order valence-corrected chi connectivity index (χ4v) is 4.12. The van der Waals surface area contributed by atoms with E-state index in [9.17, 15) is 22.8 Å². The number of benzene rings is 1. The predicted molar refractivity (Wildman–Crippen MR) is 106 cm³/mol. The van der Waals surface area contributed by atoms with Gasteiger partial charge in [0, 0.05) is 18.1 Å². The highest BCUT2D eigenvalue weighted by molar-refractivity contribution is 5.83. The number of nitrogens with zero attached hydrogens (tertiary/aromatic N) is 2. The van der Waals surface area contributed by atoms with Crippen molar-refractivity contribution in [2.75, 3.05) is 6.54 Å². The minimum absolute atomic E-state index is 0.219. The predicted octanol–water partition coefficient (Wildman–Crippen LogP) is 5.07. The second-order valence-corrected chi connectivity index (χ2v) is 9.45. The lowest BCUT2D eigenvalue weighted by atomic mass is 9.90. The first-order valence-electron chi connectivity index (χ1n) is 10.3. The van der Waals surface area contributed by atoms with Crippen molar-refractivity contribution in [3.05, 3.63) is 35.9 Å². The Labute approximate surface area is 175 Å². The molecule has 1 saturated carbocycles. The van der Waals surface area contributed by atoms with Crippen molar-refractivity contribution < 1.29 is 27.5 Å². The molecule has 3 rings (SSSR count). The van der Waals surface area contributed by atoms with Gasteiger partial charge in [-0.1, -0.05) is 30.3 Å². The lowest BCUT2D eigenvalue weighted by Gasteiger charge is -2.46. The van der Waals surface area contributed by atoms with Crippen LogP contribution in [0.1, 0.15) is 65.0 Å². The van der Waals surface area contributed by atoms with Crippen molar-refractivity contribution in [2.45, 2.75) is 82.8 Å². The number of carbonyl (C=O) groups is 2. The van der Waals surface area contributed by atoms with Gasteiger partial charge in [-0.25, -0.2) is 4.79 Å². The highest BCUT2D eigenvalue weighted by Crippen LogP contribution is 2.47. The summed E-state index contributed by atoms with van der Waals surface area (Å²) < 4.78 is 45.6. The molecule has 1 aliphatic carbocycles. The molecule has 8 heteroatoms. The molecular weight excluding hydrogens is 397 g/mol. The van der Waals surface area contributed by atoms with Crippen LogP contribution in [0.5, 0.6) is 0 Å². The molecule has 1 aromatic carbocycles. The van der Waals surface area contributed by atoms with Gasteiger partial charge in [-0.05, 0) is 58.9 Å². The molecule has 2 amide bonds. The van der Waals surface area contributed by atoms with Crippen LogP contribution in [0.15, 0.2) is 30.3 Å². The molecule has 5 nitrogen and oxygen atoms in total. The van der Waals surface area contributed by atoms with Crippen molar-refractivity contribution in [3.63, 3.8) is 0 Å². The van der Waals surface area contributed by atoms with Crippen LogP contribution in [0.2, 0.25) is 0 Å². The van der Waals surface area contributed by atoms with Crippen molar-refractivity contribution in [1.82, 2.24) is 9.80 Å². The zero-order valence-electron chi connectivity index (χ0n) is 17.8. The first kappa shape index (κ1) is 22.4. The summed E-state index contributed by atoms with van der Waals surface area (Å²) in [6, 6.07) is 8.12. The van der Waals surface area contributed by atoms with Crippen LogP contribution in [0, 0.1) is 0 Å². The van der Waals surface area contributed by atoms with Crippen LogP contribution in [0.3, 0.4) is 0 Å². The summed E-state index contributed by atoms with van der Waals surface area (Å²) in [4.78, 5) is 27.7. The van der Waals surface area contributed by atoms with Gasteiger partial charge < -0.3 is 14.5 Å². The number of carbonyl (C=O) groups excluding carboxylic acids is 2. The molecule has 2 aliphatic rings. The van der Waals surface area contributed by atoms with Gasteiger partial charge >= 0.3 is 18.2 Å². The Morgan fingerprint density at radius 3 is 2.23 bits per heavy atom. The van der Waals surface area contributed by atoms with E-state index in [2.05, 4.69) is 0 Å².